The topological polar surface area (TPSA) is 77.1 Å². The van der Waals surface area contributed by atoms with Gasteiger partial charge in [-0.15, -0.1) is 0 Å². The maximum absolute atomic E-state index is 12.9. The van der Waals surface area contributed by atoms with Gasteiger partial charge in [0.2, 0.25) is 5.71 Å². The molecule has 1 N–H and O–H groups in total. The van der Waals surface area contributed by atoms with E-state index >= 15 is 0 Å². The molecule has 2 aromatic heterocycles. The first kappa shape index (κ1) is 17.9. The first-order chi connectivity index (χ1) is 12.4. The van der Waals surface area contributed by atoms with E-state index in [2.05, 4.69) is 10.3 Å². The number of rotatable bonds is 5. The maximum atomic E-state index is 12.9. The van der Waals surface area contributed by atoms with Gasteiger partial charge >= 0.3 is 0 Å². The molecular weight excluding hydrogens is 330 g/mol. The van der Waals surface area contributed by atoms with Gasteiger partial charge in [0.05, 0.1) is 11.6 Å². The minimum absolute atomic E-state index is 0.192. The Morgan fingerprint density at radius 2 is 1.92 bits per heavy atom. The lowest BCUT2D eigenvalue weighted by Crippen LogP contribution is -2.29. The van der Waals surface area contributed by atoms with Crippen molar-refractivity contribution in [1.82, 2.24) is 14.9 Å². The second kappa shape index (κ2) is 7.15. The number of hydrogen-bond donors (Lipinski definition) is 1. The number of furan rings is 1. The molecule has 1 aromatic carbocycles. The van der Waals surface area contributed by atoms with Gasteiger partial charge in [-0.05, 0) is 25.3 Å². The Balaban J connectivity index is 1.99. The maximum Gasteiger partial charge on any atom is 0.265 e. The van der Waals surface area contributed by atoms with Crippen molar-refractivity contribution in [3.8, 4) is 0 Å². The number of nitrogens with one attached hydrogen (secondary N) is 1. The SMILES string of the molecule is Cc1oc2ncn(CC(C)C)c(=O)c2c1C(=O)N[C@H](C)c1ccccc1. The number of fused-ring (bicyclic) bond motifs is 1. The van der Waals surface area contributed by atoms with Gasteiger partial charge in [0, 0.05) is 6.54 Å². The van der Waals surface area contributed by atoms with Crippen molar-refractivity contribution >= 4 is 17.0 Å². The molecular formula is C20H23N3O3. The van der Waals surface area contributed by atoms with Crippen molar-refractivity contribution in [1.29, 1.82) is 0 Å². The molecule has 0 radical (unpaired) electrons. The van der Waals surface area contributed by atoms with E-state index in [-0.39, 0.29) is 40.1 Å². The van der Waals surface area contributed by atoms with Gasteiger partial charge in [0.1, 0.15) is 17.5 Å². The fourth-order valence-corrected chi connectivity index (χ4v) is 3.03. The van der Waals surface area contributed by atoms with Crippen LogP contribution in [-0.2, 0) is 6.54 Å². The van der Waals surface area contributed by atoms with Crippen LogP contribution in [0.4, 0.5) is 0 Å². The lowest BCUT2D eigenvalue weighted by molar-refractivity contribution is 0.0939. The smallest absolute Gasteiger partial charge is 0.265 e. The van der Waals surface area contributed by atoms with Crippen LogP contribution in [-0.4, -0.2) is 15.5 Å². The van der Waals surface area contributed by atoms with Crippen molar-refractivity contribution in [2.75, 3.05) is 0 Å². The molecule has 0 spiro atoms. The summed E-state index contributed by atoms with van der Waals surface area (Å²) in [5.41, 5.74) is 1.20. The molecule has 2 heterocycles. The average molecular weight is 353 g/mol. The Morgan fingerprint density at radius 1 is 1.23 bits per heavy atom. The zero-order chi connectivity index (χ0) is 18.8. The minimum atomic E-state index is -0.334. The monoisotopic (exact) mass is 353 g/mol. The summed E-state index contributed by atoms with van der Waals surface area (Å²) in [5.74, 6) is 0.346. The third-order valence-corrected chi connectivity index (χ3v) is 4.29. The standard InChI is InChI=1S/C20H23N3O3/c1-12(2)10-23-11-21-19-17(20(23)25)16(14(4)26-19)18(24)22-13(3)15-8-6-5-7-9-15/h5-9,11-13H,10H2,1-4H3,(H,22,24)/t13-/m1/s1. The summed E-state index contributed by atoms with van der Waals surface area (Å²) in [6.07, 6.45) is 1.47. The molecule has 1 atom stereocenters. The lowest BCUT2D eigenvalue weighted by Gasteiger charge is -2.14. The molecule has 0 fully saturated rings. The zero-order valence-corrected chi connectivity index (χ0v) is 15.4. The molecule has 6 heteroatoms. The van der Waals surface area contributed by atoms with Gasteiger partial charge in [-0.25, -0.2) is 4.98 Å². The summed E-state index contributed by atoms with van der Waals surface area (Å²) >= 11 is 0. The first-order valence-corrected chi connectivity index (χ1v) is 8.72. The van der Waals surface area contributed by atoms with E-state index < -0.39 is 0 Å². The normalized spacial score (nSPS) is 12.5. The molecule has 136 valence electrons. The fourth-order valence-electron chi connectivity index (χ4n) is 3.03. The van der Waals surface area contributed by atoms with Crippen molar-refractivity contribution in [3.63, 3.8) is 0 Å². The Kier molecular flexibility index (Phi) is 4.93. The van der Waals surface area contributed by atoms with E-state index in [0.29, 0.717) is 12.3 Å². The molecule has 0 saturated heterocycles. The second-order valence-corrected chi connectivity index (χ2v) is 6.92. The molecule has 26 heavy (non-hydrogen) atoms. The minimum Gasteiger partial charge on any atom is -0.442 e. The molecule has 3 aromatic rings. The van der Waals surface area contributed by atoms with E-state index in [0.717, 1.165) is 5.56 Å². The Hall–Kier alpha value is -2.89. The van der Waals surface area contributed by atoms with Gasteiger partial charge in [-0.1, -0.05) is 44.2 Å². The lowest BCUT2D eigenvalue weighted by atomic mass is 10.1. The van der Waals surface area contributed by atoms with Crippen LogP contribution in [0.1, 0.15) is 48.5 Å². The molecule has 0 aliphatic carbocycles. The summed E-state index contributed by atoms with van der Waals surface area (Å²) in [7, 11) is 0. The Bertz CT molecular complexity index is 987. The van der Waals surface area contributed by atoms with Crippen LogP contribution in [0.3, 0.4) is 0 Å². The van der Waals surface area contributed by atoms with Gasteiger partial charge in [-0.3, -0.25) is 14.2 Å². The molecule has 3 rings (SSSR count). The number of carbonyl (C=O) groups is 1. The number of nitrogens with zero attached hydrogens (tertiary/aromatic N) is 2. The van der Waals surface area contributed by atoms with Crippen LogP contribution >= 0.6 is 0 Å². The highest BCUT2D eigenvalue weighted by Gasteiger charge is 2.24. The highest BCUT2D eigenvalue weighted by Crippen LogP contribution is 2.22. The number of hydrogen-bond acceptors (Lipinski definition) is 4. The molecule has 0 unspecified atom stereocenters. The number of amides is 1. The number of carbonyl (C=O) groups excluding carboxylic acids is 1. The second-order valence-electron chi connectivity index (χ2n) is 6.92. The van der Waals surface area contributed by atoms with Crippen molar-refractivity contribution < 1.29 is 9.21 Å². The van der Waals surface area contributed by atoms with Crippen LogP contribution in [0, 0.1) is 12.8 Å². The Morgan fingerprint density at radius 3 is 2.58 bits per heavy atom. The summed E-state index contributed by atoms with van der Waals surface area (Å²) < 4.78 is 7.09. The number of aromatic nitrogens is 2. The molecule has 6 nitrogen and oxygen atoms in total. The molecule has 0 aliphatic rings. The fraction of sp³-hybridized carbons (Fsp3) is 0.350. The Labute approximate surface area is 151 Å². The first-order valence-electron chi connectivity index (χ1n) is 8.72. The van der Waals surface area contributed by atoms with E-state index in [1.54, 1.807) is 6.92 Å². The van der Waals surface area contributed by atoms with Gasteiger partial charge < -0.3 is 9.73 Å². The largest absolute Gasteiger partial charge is 0.442 e. The predicted octanol–water partition coefficient (Wildman–Crippen LogP) is 3.44. The van der Waals surface area contributed by atoms with Crippen LogP contribution in [0.5, 0.6) is 0 Å². The van der Waals surface area contributed by atoms with Crippen LogP contribution < -0.4 is 10.9 Å². The van der Waals surface area contributed by atoms with Crippen molar-refractivity contribution in [3.05, 3.63) is 63.9 Å². The molecule has 0 aliphatic heterocycles. The van der Waals surface area contributed by atoms with Crippen molar-refractivity contribution in [2.24, 2.45) is 5.92 Å². The van der Waals surface area contributed by atoms with E-state index in [1.807, 2.05) is 51.1 Å². The summed E-state index contributed by atoms with van der Waals surface area (Å²) in [4.78, 5) is 29.9. The van der Waals surface area contributed by atoms with Gasteiger partial charge in [0.25, 0.3) is 11.5 Å². The molecule has 0 saturated carbocycles. The number of aryl methyl sites for hydroxylation is 1. The van der Waals surface area contributed by atoms with Crippen LogP contribution in [0.15, 0.2) is 45.9 Å². The molecule has 0 bridgehead atoms. The highest BCUT2D eigenvalue weighted by atomic mass is 16.3. The summed E-state index contributed by atoms with van der Waals surface area (Å²) in [6, 6.07) is 9.47. The highest BCUT2D eigenvalue weighted by molar-refractivity contribution is 6.06. The molecule has 1 amide bonds. The zero-order valence-electron chi connectivity index (χ0n) is 15.4. The van der Waals surface area contributed by atoms with Crippen molar-refractivity contribution in [2.45, 2.75) is 40.3 Å². The van der Waals surface area contributed by atoms with E-state index in [9.17, 15) is 9.59 Å². The number of benzene rings is 1. The quantitative estimate of drug-likeness (QED) is 0.762. The third-order valence-electron chi connectivity index (χ3n) is 4.29. The van der Waals surface area contributed by atoms with Crippen LogP contribution in [0.25, 0.3) is 11.1 Å². The average Bonchev–Trinajstić information content (AvgIpc) is 2.94. The van der Waals surface area contributed by atoms with Crippen LogP contribution in [0.2, 0.25) is 0 Å². The van der Waals surface area contributed by atoms with Gasteiger partial charge in [0.15, 0.2) is 0 Å². The van der Waals surface area contributed by atoms with Gasteiger partial charge in [-0.2, -0.15) is 0 Å². The predicted molar refractivity (Wildman–Crippen MR) is 100 cm³/mol. The summed E-state index contributed by atoms with van der Waals surface area (Å²) in [5, 5.41) is 3.18. The van der Waals surface area contributed by atoms with E-state index in [4.69, 9.17) is 4.42 Å². The third kappa shape index (κ3) is 3.40. The summed E-state index contributed by atoms with van der Waals surface area (Å²) in [6.45, 7) is 8.16. The van der Waals surface area contributed by atoms with E-state index in [1.165, 1.54) is 10.9 Å².